The number of Topliss-reactive ketones (excluding diaryl/α,β-unsaturated/α-hetero) is 1. The second kappa shape index (κ2) is 4.62. The van der Waals surface area contributed by atoms with Gasteiger partial charge in [-0.05, 0) is 57.7 Å². The second-order valence-electron chi connectivity index (χ2n) is 6.88. The zero-order valence-electron chi connectivity index (χ0n) is 12.7. The first-order valence-corrected chi connectivity index (χ1v) is 7.93. The summed E-state index contributed by atoms with van der Waals surface area (Å²) in [6, 6.07) is 6.49. The highest BCUT2D eigenvalue weighted by atomic mass is 32.1. The van der Waals surface area contributed by atoms with Gasteiger partial charge in [0.05, 0.1) is 22.0 Å². The first-order valence-electron chi connectivity index (χ1n) is 7.11. The Labute approximate surface area is 127 Å². The summed E-state index contributed by atoms with van der Waals surface area (Å²) < 4.78 is 20.1. The van der Waals surface area contributed by atoms with Crippen LogP contribution in [0.1, 0.15) is 43.8 Å². The molecule has 2 aromatic rings. The van der Waals surface area contributed by atoms with E-state index in [0.29, 0.717) is 11.3 Å². The number of carbonyl (C=O) groups excluding carboxylic acids is 1. The van der Waals surface area contributed by atoms with Crippen LogP contribution in [0.25, 0.3) is 10.1 Å². The maximum Gasteiger partial charge on any atom is 0.178 e. The van der Waals surface area contributed by atoms with Gasteiger partial charge in [0.1, 0.15) is 5.82 Å². The van der Waals surface area contributed by atoms with E-state index in [2.05, 4.69) is 0 Å². The molecule has 1 aliphatic rings. The van der Waals surface area contributed by atoms with Crippen LogP contribution in [0, 0.1) is 11.7 Å². The predicted octanol–water partition coefficient (Wildman–Crippen LogP) is 4.82. The molecule has 0 spiro atoms. The average Bonchev–Trinajstić information content (AvgIpc) is 2.85. The van der Waals surface area contributed by atoms with E-state index in [4.69, 9.17) is 4.74 Å². The molecule has 1 aliphatic heterocycles. The van der Waals surface area contributed by atoms with Gasteiger partial charge in [-0.25, -0.2) is 4.39 Å². The third kappa shape index (κ3) is 2.62. The Bertz CT molecular complexity index is 715. The third-order valence-corrected chi connectivity index (χ3v) is 5.23. The topological polar surface area (TPSA) is 26.3 Å². The summed E-state index contributed by atoms with van der Waals surface area (Å²) in [5.41, 5.74) is -0.755. The van der Waals surface area contributed by atoms with E-state index in [1.54, 1.807) is 6.07 Å². The number of ether oxygens (including phenoxy) is 1. The fraction of sp³-hybridized carbons (Fsp3) is 0.471. The number of rotatable bonds is 2. The number of halogens is 1. The Kier molecular flexibility index (Phi) is 3.22. The largest absolute Gasteiger partial charge is 0.369 e. The molecule has 1 aromatic heterocycles. The summed E-state index contributed by atoms with van der Waals surface area (Å²) in [5, 5.41) is 0.917. The van der Waals surface area contributed by atoms with Crippen LogP contribution in [-0.4, -0.2) is 17.0 Å². The minimum atomic E-state index is -0.470. The predicted molar refractivity (Wildman–Crippen MR) is 83.5 cm³/mol. The van der Waals surface area contributed by atoms with Gasteiger partial charge >= 0.3 is 0 Å². The molecule has 0 amide bonds. The number of hydrogen-bond acceptors (Lipinski definition) is 3. The lowest BCUT2D eigenvalue weighted by molar-refractivity contribution is -0.0712. The molecule has 0 aliphatic carbocycles. The van der Waals surface area contributed by atoms with Crippen molar-refractivity contribution in [1.82, 2.24) is 0 Å². The van der Waals surface area contributed by atoms with Gasteiger partial charge in [0.15, 0.2) is 5.78 Å². The molecular weight excluding hydrogens is 287 g/mol. The van der Waals surface area contributed by atoms with Crippen LogP contribution in [0.3, 0.4) is 0 Å². The highest BCUT2D eigenvalue weighted by Gasteiger charge is 2.49. The number of benzene rings is 1. The summed E-state index contributed by atoms with van der Waals surface area (Å²) in [6.07, 6.45) is 0.710. The van der Waals surface area contributed by atoms with Crippen molar-refractivity contribution >= 4 is 27.2 Å². The summed E-state index contributed by atoms with van der Waals surface area (Å²) in [4.78, 5) is 13.5. The molecule has 4 heteroatoms. The van der Waals surface area contributed by atoms with Gasteiger partial charge in [0.2, 0.25) is 0 Å². The molecule has 2 nitrogen and oxygen atoms in total. The van der Waals surface area contributed by atoms with E-state index in [-0.39, 0.29) is 23.1 Å². The standard InChI is InChI=1S/C17H19FO2S/c1-16(2)9-12(17(3,4)20-16)15(19)14-7-10-5-6-11(18)8-13(10)21-14/h5-8,12H,9H2,1-4H3. The maximum absolute atomic E-state index is 13.3. The van der Waals surface area contributed by atoms with E-state index in [0.717, 1.165) is 10.1 Å². The van der Waals surface area contributed by atoms with Crippen molar-refractivity contribution in [3.05, 3.63) is 35.0 Å². The number of ketones is 1. The molecule has 3 rings (SSSR count). The van der Waals surface area contributed by atoms with E-state index in [1.165, 1.54) is 23.5 Å². The van der Waals surface area contributed by atoms with Crippen LogP contribution >= 0.6 is 11.3 Å². The molecule has 0 saturated carbocycles. The summed E-state index contributed by atoms with van der Waals surface area (Å²) in [7, 11) is 0. The molecular formula is C17H19FO2S. The minimum absolute atomic E-state index is 0.104. The first kappa shape index (κ1) is 14.7. The number of fused-ring (bicyclic) bond motifs is 1. The Morgan fingerprint density at radius 2 is 2.00 bits per heavy atom. The molecule has 0 N–H and O–H groups in total. The number of carbonyl (C=O) groups is 1. The zero-order chi connectivity index (χ0) is 15.4. The summed E-state index contributed by atoms with van der Waals surface area (Å²) in [5.74, 6) is -0.327. The molecule has 1 unspecified atom stereocenters. The van der Waals surface area contributed by atoms with Gasteiger partial charge in [0.25, 0.3) is 0 Å². The van der Waals surface area contributed by atoms with Crippen molar-refractivity contribution < 1.29 is 13.9 Å². The monoisotopic (exact) mass is 306 g/mol. The molecule has 112 valence electrons. The highest BCUT2D eigenvalue weighted by Crippen LogP contribution is 2.44. The fourth-order valence-corrected chi connectivity index (χ4v) is 4.35. The molecule has 2 heterocycles. The smallest absolute Gasteiger partial charge is 0.178 e. The normalized spacial score (nSPS) is 23.6. The Hall–Kier alpha value is -1.26. The van der Waals surface area contributed by atoms with Crippen LogP contribution in [0.2, 0.25) is 0 Å². The number of hydrogen-bond donors (Lipinski definition) is 0. The lowest BCUT2D eigenvalue weighted by atomic mass is 9.83. The van der Waals surface area contributed by atoms with Crippen LogP contribution in [0.15, 0.2) is 24.3 Å². The Morgan fingerprint density at radius 3 is 2.62 bits per heavy atom. The van der Waals surface area contributed by atoms with Gasteiger partial charge < -0.3 is 4.74 Å². The van der Waals surface area contributed by atoms with Crippen LogP contribution < -0.4 is 0 Å². The summed E-state index contributed by atoms with van der Waals surface area (Å²) >= 11 is 1.36. The molecule has 0 radical (unpaired) electrons. The Morgan fingerprint density at radius 1 is 1.29 bits per heavy atom. The fourth-order valence-electron chi connectivity index (χ4n) is 3.27. The van der Waals surface area contributed by atoms with Gasteiger partial charge in [-0.1, -0.05) is 6.07 Å². The zero-order valence-corrected chi connectivity index (χ0v) is 13.5. The van der Waals surface area contributed by atoms with Crippen molar-refractivity contribution in [3.63, 3.8) is 0 Å². The molecule has 1 aromatic carbocycles. The van der Waals surface area contributed by atoms with Crippen LogP contribution in [0.4, 0.5) is 4.39 Å². The van der Waals surface area contributed by atoms with Crippen LogP contribution in [-0.2, 0) is 4.74 Å². The van der Waals surface area contributed by atoms with Gasteiger partial charge in [-0.15, -0.1) is 11.3 Å². The quantitative estimate of drug-likeness (QED) is 0.744. The van der Waals surface area contributed by atoms with Crippen molar-refractivity contribution in [2.75, 3.05) is 0 Å². The van der Waals surface area contributed by atoms with Crippen molar-refractivity contribution in [3.8, 4) is 0 Å². The van der Waals surface area contributed by atoms with Gasteiger partial charge in [-0.3, -0.25) is 4.79 Å². The lowest BCUT2D eigenvalue weighted by Crippen LogP contribution is -2.33. The van der Waals surface area contributed by atoms with Gasteiger partial charge in [0, 0.05) is 4.70 Å². The summed E-state index contributed by atoms with van der Waals surface area (Å²) in [6.45, 7) is 7.97. The third-order valence-electron chi connectivity index (χ3n) is 4.12. The second-order valence-corrected chi connectivity index (χ2v) is 7.96. The molecule has 0 bridgehead atoms. The Balaban J connectivity index is 1.97. The van der Waals surface area contributed by atoms with Gasteiger partial charge in [-0.2, -0.15) is 0 Å². The highest BCUT2D eigenvalue weighted by molar-refractivity contribution is 7.20. The first-order chi connectivity index (χ1) is 9.68. The molecule has 1 fully saturated rings. The van der Waals surface area contributed by atoms with Crippen LogP contribution in [0.5, 0.6) is 0 Å². The van der Waals surface area contributed by atoms with Crippen molar-refractivity contribution in [2.24, 2.45) is 5.92 Å². The van der Waals surface area contributed by atoms with Crippen molar-refractivity contribution in [2.45, 2.75) is 45.3 Å². The SMILES string of the molecule is CC1(C)CC(C(=O)c2cc3ccc(F)cc3s2)C(C)(C)O1. The molecule has 1 atom stereocenters. The average molecular weight is 306 g/mol. The lowest BCUT2D eigenvalue weighted by Gasteiger charge is -2.26. The van der Waals surface area contributed by atoms with E-state index < -0.39 is 5.60 Å². The van der Waals surface area contributed by atoms with E-state index in [9.17, 15) is 9.18 Å². The van der Waals surface area contributed by atoms with Crippen molar-refractivity contribution in [1.29, 1.82) is 0 Å². The molecule has 1 saturated heterocycles. The minimum Gasteiger partial charge on any atom is -0.369 e. The number of thiophene rings is 1. The maximum atomic E-state index is 13.3. The van der Waals surface area contributed by atoms with E-state index in [1.807, 2.05) is 33.8 Å². The van der Waals surface area contributed by atoms with E-state index >= 15 is 0 Å². The molecule has 21 heavy (non-hydrogen) atoms.